The first-order valence-corrected chi connectivity index (χ1v) is 7.37. The molecule has 22 heavy (non-hydrogen) atoms. The first-order chi connectivity index (χ1) is 10.8. The number of hydrogen-bond acceptors (Lipinski definition) is 4. The maximum atomic E-state index is 8.81. The number of rotatable bonds is 5. The summed E-state index contributed by atoms with van der Waals surface area (Å²) >= 11 is 0. The van der Waals surface area contributed by atoms with E-state index in [0.717, 1.165) is 29.0 Å². The predicted molar refractivity (Wildman–Crippen MR) is 87.0 cm³/mol. The van der Waals surface area contributed by atoms with Gasteiger partial charge in [-0.15, -0.1) is 10.2 Å². The molecule has 1 aromatic heterocycles. The highest BCUT2D eigenvalue weighted by molar-refractivity contribution is 5.88. The minimum absolute atomic E-state index is 0.497. The molecular formula is C17H17N5. The molecule has 0 saturated heterocycles. The van der Waals surface area contributed by atoms with E-state index < -0.39 is 0 Å². The number of hydrogen-bond donors (Lipinski definition) is 0. The Kier molecular flexibility index (Phi) is 4.01. The summed E-state index contributed by atoms with van der Waals surface area (Å²) in [6.07, 6.45) is 0.497. The van der Waals surface area contributed by atoms with E-state index in [1.165, 1.54) is 0 Å². The van der Waals surface area contributed by atoms with Gasteiger partial charge in [0.2, 0.25) is 0 Å². The predicted octanol–water partition coefficient (Wildman–Crippen LogP) is 3.16. The Labute approximate surface area is 129 Å². The number of para-hydroxylation sites is 1. The van der Waals surface area contributed by atoms with E-state index in [2.05, 4.69) is 28.1 Å². The third-order valence-electron chi connectivity index (χ3n) is 3.59. The molecule has 0 saturated carbocycles. The fraction of sp³-hybridized carbons (Fsp3) is 0.235. The maximum absolute atomic E-state index is 8.81. The molecular weight excluding hydrogens is 274 g/mol. The summed E-state index contributed by atoms with van der Waals surface area (Å²) in [6.45, 7) is 3.61. The third-order valence-corrected chi connectivity index (χ3v) is 3.59. The van der Waals surface area contributed by atoms with Gasteiger partial charge in [0.1, 0.15) is 11.0 Å². The Morgan fingerprint density at radius 3 is 2.64 bits per heavy atom. The normalized spacial score (nSPS) is 10.5. The van der Waals surface area contributed by atoms with Crippen molar-refractivity contribution >= 4 is 16.7 Å². The number of nitrogens with zero attached hydrogens (tertiary/aromatic N) is 5. The summed E-state index contributed by atoms with van der Waals surface area (Å²) in [5.74, 6) is 0. The molecule has 0 bridgehead atoms. The largest absolute Gasteiger partial charge is 0.369 e. The minimum atomic E-state index is 0.497. The second kappa shape index (κ2) is 6.27. The molecule has 110 valence electrons. The first-order valence-electron chi connectivity index (χ1n) is 7.37. The summed E-state index contributed by atoms with van der Waals surface area (Å²) in [7, 11) is 0. The second-order valence-electron chi connectivity index (χ2n) is 4.96. The van der Waals surface area contributed by atoms with Gasteiger partial charge in [-0.3, -0.25) is 0 Å². The van der Waals surface area contributed by atoms with Gasteiger partial charge in [0.25, 0.3) is 0 Å². The van der Waals surface area contributed by atoms with Crippen LogP contribution in [0.4, 0.5) is 5.69 Å². The molecule has 1 heterocycles. The van der Waals surface area contributed by atoms with Gasteiger partial charge >= 0.3 is 0 Å². The van der Waals surface area contributed by atoms with Crippen LogP contribution < -0.4 is 4.90 Å². The van der Waals surface area contributed by atoms with Crippen molar-refractivity contribution in [3.05, 3.63) is 48.5 Å². The molecule has 0 aliphatic carbocycles. The van der Waals surface area contributed by atoms with Crippen molar-refractivity contribution in [1.82, 2.24) is 15.0 Å². The molecule has 0 aliphatic heterocycles. The number of nitriles is 1. The van der Waals surface area contributed by atoms with Crippen LogP contribution in [0.3, 0.4) is 0 Å². The van der Waals surface area contributed by atoms with Crippen LogP contribution >= 0.6 is 0 Å². The van der Waals surface area contributed by atoms with E-state index in [4.69, 9.17) is 5.26 Å². The molecule has 0 fully saturated rings. The molecule has 5 nitrogen and oxygen atoms in total. The highest BCUT2D eigenvalue weighted by atomic mass is 15.5. The monoisotopic (exact) mass is 291 g/mol. The quantitative estimate of drug-likeness (QED) is 0.724. The van der Waals surface area contributed by atoms with Gasteiger partial charge in [0.15, 0.2) is 0 Å². The molecule has 0 spiro atoms. The Morgan fingerprint density at radius 1 is 1.09 bits per heavy atom. The maximum Gasteiger partial charge on any atom is 0.136 e. The lowest BCUT2D eigenvalue weighted by atomic mass is 10.2. The van der Waals surface area contributed by atoms with Crippen LogP contribution in [0, 0.1) is 11.3 Å². The van der Waals surface area contributed by atoms with Crippen LogP contribution in [0.1, 0.15) is 13.3 Å². The molecule has 0 unspecified atom stereocenters. The summed E-state index contributed by atoms with van der Waals surface area (Å²) in [4.78, 5) is 3.82. The Morgan fingerprint density at radius 2 is 1.91 bits per heavy atom. The van der Waals surface area contributed by atoms with E-state index in [9.17, 15) is 0 Å². The van der Waals surface area contributed by atoms with Crippen molar-refractivity contribution in [2.75, 3.05) is 18.0 Å². The van der Waals surface area contributed by atoms with E-state index in [1.807, 2.05) is 48.5 Å². The van der Waals surface area contributed by atoms with Gasteiger partial charge in [-0.1, -0.05) is 24.3 Å². The van der Waals surface area contributed by atoms with Gasteiger partial charge in [-0.2, -0.15) is 10.1 Å². The van der Waals surface area contributed by atoms with Crippen LogP contribution in [0.2, 0.25) is 0 Å². The molecule has 3 aromatic rings. The van der Waals surface area contributed by atoms with E-state index in [1.54, 1.807) is 4.80 Å². The summed E-state index contributed by atoms with van der Waals surface area (Å²) in [5.41, 5.74) is 3.69. The van der Waals surface area contributed by atoms with E-state index in [0.29, 0.717) is 13.0 Å². The van der Waals surface area contributed by atoms with Crippen LogP contribution in [0.25, 0.3) is 16.7 Å². The lowest BCUT2D eigenvalue weighted by Gasteiger charge is -2.21. The van der Waals surface area contributed by atoms with Crippen molar-refractivity contribution in [1.29, 1.82) is 5.26 Å². The molecule has 0 amide bonds. The zero-order valence-corrected chi connectivity index (χ0v) is 12.5. The van der Waals surface area contributed by atoms with Gasteiger partial charge in [-0.05, 0) is 31.2 Å². The van der Waals surface area contributed by atoms with Crippen molar-refractivity contribution in [2.24, 2.45) is 0 Å². The molecule has 0 radical (unpaired) electrons. The summed E-state index contributed by atoms with van der Waals surface area (Å²) in [6, 6.07) is 18.0. The second-order valence-corrected chi connectivity index (χ2v) is 4.96. The Balaban J connectivity index is 2.05. The van der Waals surface area contributed by atoms with Crippen LogP contribution in [0.15, 0.2) is 48.5 Å². The molecule has 0 aliphatic rings. The van der Waals surface area contributed by atoms with Crippen molar-refractivity contribution < 1.29 is 0 Å². The van der Waals surface area contributed by atoms with Crippen molar-refractivity contribution in [2.45, 2.75) is 13.3 Å². The van der Waals surface area contributed by atoms with E-state index >= 15 is 0 Å². The highest BCUT2D eigenvalue weighted by Crippen LogP contribution is 2.25. The number of benzene rings is 2. The smallest absolute Gasteiger partial charge is 0.136 e. The van der Waals surface area contributed by atoms with Gasteiger partial charge in [-0.25, -0.2) is 0 Å². The molecule has 0 N–H and O–H groups in total. The zero-order chi connectivity index (χ0) is 15.4. The first kappa shape index (κ1) is 14.1. The van der Waals surface area contributed by atoms with Crippen LogP contribution in [-0.2, 0) is 0 Å². The highest BCUT2D eigenvalue weighted by Gasteiger charge is 2.13. The molecule has 0 atom stereocenters. The fourth-order valence-electron chi connectivity index (χ4n) is 2.49. The van der Waals surface area contributed by atoms with Gasteiger partial charge in [0.05, 0.1) is 23.9 Å². The van der Waals surface area contributed by atoms with Crippen molar-refractivity contribution in [3.8, 4) is 11.8 Å². The third kappa shape index (κ3) is 2.63. The standard InChI is InChI=1S/C17H17N5/c1-2-21(13-7-12-18)16-11-6-10-15-17(16)20-22(19-15)14-8-4-3-5-9-14/h3-6,8-11H,2,7,13H2,1H3. The van der Waals surface area contributed by atoms with Gasteiger partial charge in [0, 0.05) is 13.1 Å². The average Bonchev–Trinajstić information content (AvgIpc) is 3.01. The average molecular weight is 291 g/mol. The molecule has 3 rings (SSSR count). The fourth-order valence-corrected chi connectivity index (χ4v) is 2.49. The molecule has 5 heteroatoms. The van der Waals surface area contributed by atoms with E-state index in [-0.39, 0.29) is 0 Å². The van der Waals surface area contributed by atoms with Gasteiger partial charge < -0.3 is 4.90 Å². The lowest BCUT2D eigenvalue weighted by Crippen LogP contribution is -2.23. The summed E-state index contributed by atoms with van der Waals surface area (Å²) < 4.78 is 0. The number of aromatic nitrogens is 3. The number of anilines is 1. The minimum Gasteiger partial charge on any atom is -0.369 e. The summed E-state index contributed by atoms with van der Waals surface area (Å²) in [5, 5.41) is 18.0. The zero-order valence-electron chi connectivity index (χ0n) is 12.5. The van der Waals surface area contributed by atoms with Crippen LogP contribution in [-0.4, -0.2) is 28.1 Å². The van der Waals surface area contributed by atoms with Crippen LogP contribution in [0.5, 0.6) is 0 Å². The topological polar surface area (TPSA) is 57.7 Å². The number of fused-ring (bicyclic) bond motifs is 1. The SMILES string of the molecule is CCN(CCC#N)c1cccc2nn(-c3ccccc3)nc12. The Hall–Kier alpha value is -2.87. The lowest BCUT2D eigenvalue weighted by molar-refractivity contribution is 0.764. The van der Waals surface area contributed by atoms with Crippen molar-refractivity contribution in [3.63, 3.8) is 0 Å². The Bertz CT molecular complexity index is 801. The molecule has 2 aromatic carbocycles.